The van der Waals surface area contributed by atoms with Crippen molar-refractivity contribution >= 4 is 58.3 Å². The first-order valence-electron chi connectivity index (χ1n) is 11.6. The number of nitrogens with one attached hydrogen (secondary N) is 3. The van der Waals surface area contributed by atoms with Gasteiger partial charge in [-0.3, -0.25) is 9.59 Å². The SMILES string of the molecule is COc1nccc2cccc(NC(=O)C3(O)CCC(NCc4ccc5c(n4)NC(=O)CS5)CC3)c12.Cl. The third-order valence-corrected chi connectivity index (χ3v) is 7.58. The maximum atomic E-state index is 13.1. The van der Waals surface area contributed by atoms with E-state index < -0.39 is 11.5 Å². The van der Waals surface area contributed by atoms with E-state index in [2.05, 4.69) is 25.9 Å². The van der Waals surface area contributed by atoms with Gasteiger partial charge in [-0.2, -0.15) is 0 Å². The molecule has 36 heavy (non-hydrogen) atoms. The molecule has 3 aromatic rings. The molecule has 2 aliphatic rings. The van der Waals surface area contributed by atoms with Crippen molar-refractivity contribution in [2.45, 2.75) is 48.8 Å². The van der Waals surface area contributed by atoms with Crippen LogP contribution in [0.3, 0.4) is 0 Å². The van der Waals surface area contributed by atoms with Crippen LogP contribution in [0.2, 0.25) is 0 Å². The minimum Gasteiger partial charge on any atom is -0.480 e. The van der Waals surface area contributed by atoms with Gasteiger partial charge in [-0.15, -0.1) is 24.2 Å². The lowest BCUT2D eigenvalue weighted by Gasteiger charge is -2.35. The highest BCUT2D eigenvalue weighted by Crippen LogP contribution is 2.34. The van der Waals surface area contributed by atoms with Crippen molar-refractivity contribution in [3.8, 4) is 5.88 Å². The predicted octanol–water partition coefficient (Wildman–Crippen LogP) is 3.51. The van der Waals surface area contributed by atoms with Gasteiger partial charge in [0.15, 0.2) is 0 Å². The fraction of sp³-hybridized carbons (Fsp3) is 0.360. The topological polar surface area (TPSA) is 125 Å². The van der Waals surface area contributed by atoms with Crippen molar-refractivity contribution in [3.63, 3.8) is 0 Å². The van der Waals surface area contributed by atoms with Gasteiger partial charge in [0.2, 0.25) is 11.8 Å². The molecule has 0 spiro atoms. The van der Waals surface area contributed by atoms with Gasteiger partial charge in [0, 0.05) is 18.8 Å². The van der Waals surface area contributed by atoms with Crippen LogP contribution in [0.4, 0.5) is 11.5 Å². The quantitative estimate of drug-likeness (QED) is 0.382. The summed E-state index contributed by atoms with van der Waals surface area (Å²) >= 11 is 1.49. The van der Waals surface area contributed by atoms with E-state index >= 15 is 0 Å². The summed E-state index contributed by atoms with van der Waals surface area (Å²) in [5, 5.41) is 21.9. The average Bonchev–Trinajstić information content (AvgIpc) is 2.87. The number of nitrogens with zero attached hydrogens (tertiary/aromatic N) is 2. The minimum atomic E-state index is -1.44. The first-order chi connectivity index (χ1) is 16.9. The first kappa shape index (κ1) is 26.2. The summed E-state index contributed by atoms with van der Waals surface area (Å²) < 4.78 is 5.37. The number of ether oxygens (including phenoxy) is 1. The number of hydrogen-bond acceptors (Lipinski definition) is 8. The summed E-state index contributed by atoms with van der Waals surface area (Å²) in [4.78, 5) is 34.5. The molecule has 2 amide bonds. The van der Waals surface area contributed by atoms with Gasteiger partial charge in [-0.05, 0) is 55.3 Å². The highest BCUT2D eigenvalue weighted by Gasteiger charge is 2.40. The fourth-order valence-electron chi connectivity index (χ4n) is 4.57. The molecule has 1 aliphatic carbocycles. The second-order valence-electron chi connectivity index (χ2n) is 8.85. The number of carbonyl (C=O) groups excluding carboxylic acids is 2. The van der Waals surface area contributed by atoms with Crippen LogP contribution < -0.4 is 20.7 Å². The number of thioether (sulfide) groups is 1. The van der Waals surface area contributed by atoms with E-state index in [9.17, 15) is 14.7 Å². The van der Waals surface area contributed by atoms with Gasteiger partial charge in [0.1, 0.15) is 11.4 Å². The summed E-state index contributed by atoms with van der Waals surface area (Å²) in [6, 6.07) is 11.5. The van der Waals surface area contributed by atoms with Gasteiger partial charge >= 0.3 is 0 Å². The molecule has 4 N–H and O–H groups in total. The molecule has 190 valence electrons. The molecule has 9 nitrogen and oxygen atoms in total. The molecule has 0 radical (unpaired) electrons. The van der Waals surface area contributed by atoms with E-state index in [1.54, 1.807) is 12.3 Å². The normalized spacial score (nSPS) is 21.2. The van der Waals surface area contributed by atoms with Crippen LogP contribution in [0.15, 0.2) is 47.5 Å². The van der Waals surface area contributed by atoms with Crippen LogP contribution in [-0.4, -0.2) is 51.4 Å². The van der Waals surface area contributed by atoms with Gasteiger partial charge in [0.25, 0.3) is 5.91 Å². The van der Waals surface area contributed by atoms with Crippen molar-refractivity contribution in [1.29, 1.82) is 0 Å². The van der Waals surface area contributed by atoms with Crippen LogP contribution in [0.1, 0.15) is 31.4 Å². The molecule has 1 saturated carbocycles. The Bertz CT molecular complexity index is 1280. The maximum absolute atomic E-state index is 13.1. The van der Waals surface area contributed by atoms with E-state index in [4.69, 9.17) is 4.74 Å². The second kappa shape index (κ2) is 11.0. The van der Waals surface area contributed by atoms with Crippen LogP contribution in [-0.2, 0) is 16.1 Å². The van der Waals surface area contributed by atoms with Crippen molar-refractivity contribution in [3.05, 3.63) is 48.3 Å². The molecule has 1 fully saturated rings. The molecule has 1 aromatic carbocycles. The molecule has 11 heteroatoms. The van der Waals surface area contributed by atoms with Gasteiger partial charge in [-0.25, -0.2) is 9.97 Å². The van der Waals surface area contributed by atoms with Gasteiger partial charge < -0.3 is 25.8 Å². The fourth-order valence-corrected chi connectivity index (χ4v) is 5.33. The number of hydrogen-bond donors (Lipinski definition) is 4. The number of aliphatic hydroxyl groups is 1. The summed E-state index contributed by atoms with van der Waals surface area (Å²) in [7, 11) is 1.54. The van der Waals surface area contributed by atoms with Crippen LogP contribution >= 0.6 is 24.2 Å². The third-order valence-electron chi connectivity index (χ3n) is 6.54. The maximum Gasteiger partial charge on any atom is 0.256 e. The first-order valence-corrected chi connectivity index (χ1v) is 12.6. The van der Waals surface area contributed by atoms with E-state index in [0.717, 1.165) is 16.0 Å². The number of anilines is 2. The zero-order chi connectivity index (χ0) is 24.4. The van der Waals surface area contributed by atoms with E-state index in [1.165, 1.54) is 18.9 Å². The van der Waals surface area contributed by atoms with Crippen LogP contribution in [0.5, 0.6) is 5.88 Å². The minimum absolute atomic E-state index is 0. The predicted molar refractivity (Wildman–Crippen MR) is 142 cm³/mol. The number of methoxy groups -OCH3 is 1. The van der Waals surface area contributed by atoms with Crippen molar-refractivity contribution in [2.24, 2.45) is 0 Å². The summed E-state index contributed by atoms with van der Waals surface area (Å²) in [5.74, 6) is 0.991. The second-order valence-corrected chi connectivity index (χ2v) is 9.87. The Morgan fingerprint density at radius 1 is 1.25 bits per heavy atom. The standard InChI is InChI=1S/C25H27N5O4S.ClH/c1-34-23-21-15(9-12-26-23)3-2-4-18(21)29-24(32)25(33)10-7-16(8-11-25)27-13-17-5-6-19-22(28-17)30-20(31)14-35-19;/h2-6,9,12,16,27,33H,7-8,10-11,13-14H2,1H3,(H,29,32)(H,28,30,31);1H. The van der Waals surface area contributed by atoms with Gasteiger partial charge in [0.05, 0.1) is 34.5 Å². The lowest BCUT2D eigenvalue weighted by atomic mass is 9.81. The number of aromatic nitrogens is 2. The number of benzene rings is 1. The molecule has 1 aliphatic heterocycles. The number of fused-ring (bicyclic) bond motifs is 2. The van der Waals surface area contributed by atoms with E-state index in [1.807, 2.05) is 30.3 Å². The Morgan fingerprint density at radius 3 is 2.83 bits per heavy atom. The molecule has 3 heterocycles. The molecule has 0 unspecified atom stereocenters. The molecule has 0 bridgehead atoms. The third kappa shape index (κ3) is 5.41. The van der Waals surface area contributed by atoms with Gasteiger partial charge in [-0.1, -0.05) is 12.1 Å². The van der Waals surface area contributed by atoms with Crippen LogP contribution in [0, 0.1) is 0 Å². The lowest BCUT2D eigenvalue weighted by molar-refractivity contribution is -0.137. The molecule has 5 rings (SSSR count). The Morgan fingerprint density at radius 2 is 2.06 bits per heavy atom. The van der Waals surface area contributed by atoms with E-state index in [0.29, 0.717) is 60.8 Å². The van der Waals surface area contributed by atoms with Crippen molar-refractivity contribution in [2.75, 3.05) is 23.5 Å². The van der Waals surface area contributed by atoms with Crippen LogP contribution in [0.25, 0.3) is 10.8 Å². The Kier molecular flexibility index (Phi) is 7.99. The van der Waals surface area contributed by atoms with Crippen molar-refractivity contribution < 1.29 is 19.4 Å². The summed E-state index contributed by atoms with van der Waals surface area (Å²) in [6.45, 7) is 0.548. The Labute approximate surface area is 219 Å². The lowest BCUT2D eigenvalue weighted by Crippen LogP contribution is -2.48. The largest absolute Gasteiger partial charge is 0.480 e. The van der Waals surface area contributed by atoms with Crippen molar-refractivity contribution in [1.82, 2.24) is 15.3 Å². The summed E-state index contributed by atoms with van der Waals surface area (Å²) in [6.07, 6.45) is 3.66. The molecular weight excluding hydrogens is 502 g/mol. The smallest absolute Gasteiger partial charge is 0.256 e. The zero-order valence-electron chi connectivity index (χ0n) is 19.7. The Balaban J connectivity index is 0.00000304. The number of carbonyl (C=O) groups is 2. The highest BCUT2D eigenvalue weighted by atomic mass is 35.5. The molecular formula is C25H28ClN5O4S. The average molecular weight is 530 g/mol. The van der Waals surface area contributed by atoms with E-state index in [-0.39, 0.29) is 24.4 Å². The number of halogens is 1. The Hall–Kier alpha value is -2.92. The zero-order valence-corrected chi connectivity index (χ0v) is 21.4. The monoisotopic (exact) mass is 529 g/mol. The summed E-state index contributed by atoms with van der Waals surface area (Å²) in [5.41, 5.74) is -0.0417. The molecule has 0 saturated heterocycles. The number of rotatable bonds is 6. The number of amides is 2. The number of pyridine rings is 2. The molecule has 2 aromatic heterocycles. The molecule has 0 atom stereocenters. The highest BCUT2D eigenvalue weighted by molar-refractivity contribution is 8.00.